The van der Waals surface area contributed by atoms with E-state index in [1.165, 1.54) is 250 Å². The number of hydrogen-bond acceptors (Lipinski definition) is 12. The summed E-state index contributed by atoms with van der Waals surface area (Å²) in [6, 6.07) is 0. The minimum atomic E-state index is -0.409. The smallest absolute Gasteiger partial charge is 0.305 e. The molecule has 0 aliphatic heterocycles. The van der Waals surface area contributed by atoms with Crippen LogP contribution in [0.5, 0.6) is 0 Å². The highest BCUT2D eigenvalue weighted by atomic mass is 16.6. The van der Waals surface area contributed by atoms with E-state index in [4.69, 9.17) is 42.6 Å². The van der Waals surface area contributed by atoms with E-state index in [1.807, 2.05) is 0 Å². The first kappa shape index (κ1) is 82.2. The molecule has 84 heavy (non-hydrogen) atoms. The standard InChI is InChI=1S/C72H140O12/c1-5-9-12-15-18-21-24-27-30-33-36-39-42-45-48-51-69(73)82-63-60-76-54-57-79-66-72(8-4,67-80-58-55-77-61-64-83-70(74)52-49-46-43-40-37-34-31-28-25-22-19-16-13-10-6-2)68-81-59-56-78-62-65-84-71(75)53-50-47-44-41-38-35-32-29-26-23-20-17-14-11-7-3/h5-68H2,1-4H3. The number of ether oxygens (including phenoxy) is 9. The van der Waals surface area contributed by atoms with E-state index < -0.39 is 5.41 Å². The quantitative estimate of drug-likeness (QED) is 0.0326. The van der Waals surface area contributed by atoms with Crippen LogP contribution in [-0.2, 0) is 57.0 Å². The predicted molar refractivity (Wildman–Crippen MR) is 349 cm³/mol. The van der Waals surface area contributed by atoms with E-state index in [0.717, 1.165) is 44.9 Å². The first-order valence-corrected chi connectivity index (χ1v) is 36.4. The summed E-state index contributed by atoms with van der Waals surface area (Å²) in [4.78, 5) is 36.9. The van der Waals surface area contributed by atoms with Crippen LogP contribution in [0.25, 0.3) is 0 Å². The Kier molecular flexibility index (Phi) is 68.7. The minimum Gasteiger partial charge on any atom is -0.463 e. The molecule has 0 aromatic heterocycles. The van der Waals surface area contributed by atoms with Crippen molar-refractivity contribution < 1.29 is 57.0 Å². The van der Waals surface area contributed by atoms with Crippen LogP contribution in [0.3, 0.4) is 0 Å². The molecule has 0 aromatic carbocycles. The van der Waals surface area contributed by atoms with Crippen LogP contribution in [0.15, 0.2) is 0 Å². The first-order chi connectivity index (χ1) is 41.4. The molecule has 0 radical (unpaired) electrons. The van der Waals surface area contributed by atoms with Gasteiger partial charge in [0.2, 0.25) is 0 Å². The Balaban J connectivity index is 4.38. The minimum absolute atomic E-state index is 0.151. The molecule has 0 heterocycles. The maximum atomic E-state index is 12.3. The van der Waals surface area contributed by atoms with Crippen LogP contribution in [0.4, 0.5) is 0 Å². The molecule has 0 N–H and O–H groups in total. The van der Waals surface area contributed by atoms with E-state index in [0.29, 0.717) is 98.5 Å². The Morgan fingerprint density at radius 3 is 0.571 bits per heavy atom. The summed E-state index contributed by atoms with van der Waals surface area (Å²) in [5.74, 6) is -0.454. The van der Waals surface area contributed by atoms with Crippen molar-refractivity contribution in [2.75, 3.05) is 99.1 Å². The highest BCUT2D eigenvalue weighted by Gasteiger charge is 2.30. The lowest BCUT2D eigenvalue weighted by molar-refractivity contribution is -0.146. The molecule has 500 valence electrons. The van der Waals surface area contributed by atoms with Crippen molar-refractivity contribution in [3.05, 3.63) is 0 Å². The van der Waals surface area contributed by atoms with E-state index in [1.54, 1.807) is 0 Å². The van der Waals surface area contributed by atoms with Gasteiger partial charge in [0.15, 0.2) is 0 Å². The van der Waals surface area contributed by atoms with Gasteiger partial charge in [-0.25, -0.2) is 0 Å². The van der Waals surface area contributed by atoms with Gasteiger partial charge >= 0.3 is 17.9 Å². The molecule has 0 aliphatic rings. The highest BCUT2D eigenvalue weighted by molar-refractivity contribution is 5.69. The summed E-state index contributed by atoms with van der Waals surface area (Å²) in [5, 5.41) is 0. The molecule has 0 saturated heterocycles. The fourth-order valence-electron chi connectivity index (χ4n) is 10.7. The number of carbonyl (C=O) groups is 3. The second-order valence-electron chi connectivity index (χ2n) is 24.6. The zero-order chi connectivity index (χ0) is 60.9. The second kappa shape index (κ2) is 70.3. The lowest BCUT2D eigenvalue weighted by Crippen LogP contribution is -2.38. The van der Waals surface area contributed by atoms with Crippen molar-refractivity contribution in [2.24, 2.45) is 5.41 Å². The molecule has 0 aromatic rings. The predicted octanol–water partition coefficient (Wildman–Crippen LogP) is 19.9. The van der Waals surface area contributed by atoms with Crippen LogP contribution in [0.2, 0.25) is 0 Å². The van der Waals surface area contributed by atoms with Crippen molar-refractivity contribution >= 4 is 17.9 Å². The third kappa shape index (κ3) is 64.6. The van der Waals surface area contributed by atoms with Gasteiger partial charge in [-0.05, 0) is 25.7 Å². The maximum Gasteiger partial charge on any atom is 0.305 e. The number of rotatable bonds is 73. The average Bonchev–Trinajstić information content (AvgIpc) is 3.55. The van der Waals surface area contributed by atoms with Crippen molar-refractivity contribution in [1.82, 2.24) is 0 Å². The summed E-state index contributed by atoms with van der Waals surface area (Å²) < 4.78 is 51.9. The van der Waals surface area contributed by atoms with Gasteiger partial charge in [-0.1, -0.05) is 297 Å². The SMILES string of the molecule is CCCCCCCCCCCCCCCCCC(=O)OCCOCCOCC(CC)(COCCOCCOC(=O)CCCCCCCCCCCCCCCCC)COCCOCCOC(=O)CCCCCCCCCCCCCCCCC. The number of hydrogen-bond donors (Lipinski definition) is 0. The fraction of sp³-hybridized carbons (Fsp3) is 0.958. The van der Waals surface area contributed by atoms with Gasteiger partial charge in [0.05, 0.1) is 79.3 Å². The Morgan fingerprint density at radius 2 is 0.381 bits per heavy atom. The maximum absolute atomic E-state index is 12.3. The monoisotopic (exact) mass is 1200 g/mol. The number of esters is 3. The molecule has 0 rings (SSSR count). The van der Waals surface area contributed by atoms with Crippen molar-refractivity contribution in [1.29, 1.82) is 0 Å². The third-order valence-electron chi connectivity index (χ3n) is 16.5. The van der Waals surface area contributed by atoms with Crippen molar-refractivity contribution in [2.45, 2.75) is 342 Å². The topological polar surface area (TPSA) is 134 Å². The van der Waals surface area contributed by atoms with Crippen LogP contribution < -0.4 is 0 Å². The van der Waals surface area contributed by atoms with Crippen LogP contribution in [0.1, 0.15) is 342 Å². The molecular formula is C72H140O12. The van der Waals surface area contributed by atoms with Gasteiger partial charge in [0.25, 0.3) is 0 Å². The number of carbonyl (C=O) groups excluding carboxylic acids is 3. The van der Waals surface area contributed by atoms with Crippen molar-refractivity contribution in [3.63, 3.8) is 0 Å². The molecular weight excluding hydrogens is 1060 g/mol. The largest absolute Gasteiger partial charge is 0.463 e. The molecule has 0 aliphatic carbocycles. The average molecular weight is 1200 g/mol. The normalized spacial score (nSPS) is 11.7. The number of unbranched alkanes of at least 4 members (excludes halogenated alkanes) is 42. The third-order valence-corrected chi connectivity index (χ3v) is 16.5. The van der Waals surface area contributed by atoms with Gasteiger partial charge < -0.3 is 42.6 Å². The zero-order valence-corrected chi connectivity index (χ0v) is 56.2. The summed E-state index contributed by atoms with van der Waals surface area (Å²) in [7, 11) is 0. The van der Waals surface area contributed by atoms with Crippen molar-refractivity contribution in [3.8, 4) is 0 Å². The summed E-state index contributed by atoms with van der Waals surface area (Å²) >= 11 is 0. The molecule has 0 atom stereocenters. The summed E-state index contributed by atoms with van der Waals surface area (Å²) in [6.07, 6.45) is 60.6. The van der Waals surface area contributed by atoms with Gasteiger partial charge in [0, 0.05) is 24.7 Å². The van der Waals surface area contributed by atoms with E-state index in [9.17, 15) is 14.4 Å². The Hall–Kier alpha value is -1.83. The Morgan fingerprint density at radius 1 is 0.214 bits per heavy atom. The molecule has 0 amide bonds. The van der Waals surface area contributed by atoms with E-state index in [2.05, 4.69) is 27.7 Å². The molecule has 0 bridgehead atoms. The summed E-state index contributed by atoms with van der Waals surface area (Å²) in [6.45, 7) is 14.2. The van der Waals surface area contributed by atoms with E-state index >= 15 is 0 Å². The second-order valence-corrected chi connectivity index (χ2v) is 24.6. The van der Waals surface area contributed by atoms with Crippen LogP contribution >= 0.6 is 0 Å². The molecule has 12 nitrogen and oxygen atoms in total. The molecule has 0 unspecified atom stereocenters. The Labute approximate surface area is 519 Å². The highest BCUT2D eigenvalue weighted by Crippen LogP contribution is 2.25. The van der Waals surface area contributed by atoms with Gasteiger partial charge in [-0.2, -0.15) is 0 Å². The fourth-order valence-corrected chi connectivity index (χ4v) is 10.7. The van der Waals surface area contributed by atoms with Gasteiger partial charge in [-0.15, -0.1) is 0 Å². The van der Waals surface area contributed by atoms with Crippen LogP contribution in [0, 0.1) is 5.41 Å². The molecule has 0 saturated carbocycles. The van der Waals surface area contributed by atoms with E-state index in [-0.39, 0.29) is 37.7 Å². The lowest BCUT2D eigenvalue weighted by Gasteiger charge is -2.32. The van der Waals surface area contributed by atoms with Crippen LogP contribution in [-0.4, -0.2) is 117 Å². The molecule has 0 fully saturated rings. The summed E-state index contributed by atoms with van der Waals surface area (Å²) in [5.41, 5.74) is -0.409. The molecule has 0 spiro atoms. The van der Waals surface area contributed by atoms with Gasteiger partial charge in [-0.3, -0.25) is 14.4 Å². The lowest BCUT2D eigenvalue weighted by atomic mass is 9.88. The molecule has 12 heteroatoms. The Bertz CT molecular complexity index is 1170. The first-order valence-electron chi connectivity index (χ1n) is 36.4. The zero-order valence-electron chi connectivity index (χ0n) is 56.2. The van der Waals surface area contributed by atoms with Gasteiger partial charge in [0.1, 0.15) is 19.8 Å².